The summed E-state index contributed by atoms with van der Waals surface area (Å²) in [5, 5.41) is 8.81. The molecule has 0 heterocycles. The van der Waals surface area contributed by atoms with Gasteiger partial charge in [-0.3, -0.25) is 0 Å². The molecule has 15 heavy (non-hydrogen) atoms. The van der Waals surface area contributed by atoms with Gasteiger partial charge in [-0.25, -0.2) is 0 Å². The van der Waals surface area contributed by atoms with Crippen molar-refractivity contribution in [1.82, 2.24) is 0 Å². The molecular formula is C12H15NO2. The minimum absolute atomic E-state index is 0.142. The summed E-state index contributed by atoms with van der Waals surface area (Å²) in [6.07, 6.45) is 1.07. The van der Waals surface area contributed by atoms with E-state index in [0.29, 0.717) is 17.1 Å². The molecule has 0 aliphatic rings. The number of hydrogen-bond acceptors (Lipinski definition) is 3. The zero-order valence-electron chi connectivity index (χ0n) is 9.28. The normalized spacial score (nSPS) is 11.6. The molecule has 0 N–H and O–H groups in total. The summed E-state index contributed by atoms with van der Waals surface area (Å²) in [5.41, 5.74) is 0.549. The van der Waals surface area contributed by atoms with E-state index in [2.05, 4.69) is 13.0 Å². The molecule has 0 aliphatic heterocycles. The van der Waals surface area contributed by atoms with E-state index >= 15 is 0 Å². The number of nitriles is 1. The fourth-order valence-electron chi connectivity index (χ4n) is 1.14. The van der Waals surface area contributed by atoms with Crippen LogP contribution < -0.4 is 9.47 Å². The lowest BCUT2D eigenvalue weighted by atomic mass is 10.2. The predicted octanol–water partition coefficient (Wildman–Crippen LogP) is 2.74. The molecule has 1 atom stereocenters. The number of rotatable bonds is 4. The van der Waals surface area contributed by atoms with Crippen LogP contribution >= 0.6 is 0 Å². The number of methoxy groups -OCH3 is 1. The number of ether oxygens (including phenoxy) is 2. The lowest BCUT2D eigenvalue weighted by Crippen LogP contribution is -2.09. The number of hydrogen-bond donors (Lipinski definition) is 0. The van der Waals surface area contributed by atoms with Gasteiger partial charge in [0.1, 0.15) is 11.5 Å². The van der Waals surface area contributed by atoms with Gasteiger partial charge in [0, 0.05) is 6.07 Å². The lowest BCUT2D eigenvalue weighted by Gasteiger charge is -2.13. The third kappa shape index (κ3) is 3.17. The van der Waals surface area contributed by atoms with E-state index in [4.69, 9.17) is 14.7 Å². The smallest absolute Gasteiger partial charge is 0.124 e. The zero-order valence-corrected chi connectivity index (χ0v) is 9.28. The Labute approximate surface area is 90.2 Å². The van der Waals surface area contributed by atoms with Crippen LogP contribution in [0.1, 0.15) is 25.8 Å². The van der Waals surface area contributed by atoms with Gasteiger partial charge in [-0.15, -0.1) is 0 Å². The summed E-state index contributed by atoms with van der Waals surface area (Å²) < 4.78 is 10.7. The molecule has 0 radical (unpaired) electrons. The third-order valence-electron chi connectivity index (χ3n) is 2.16. The highest BCUT2D eigenvalue weighted by molar-refractivity contribution is 5.43. The van der Waals surface area contributed by atoms with Gasteiger partial charge in [-0.1, -0.05) is 6.92 Å². The molecule has 80 valence electrons. The second-order valence-corrected chi connectivity index (χ2v) is 3.35. The van der Waals surface area contributed by atoms with Crippen molar-refractivity contribution in [2.75, 3.05) is 7.11 Å². The number of nitrogens with zero attached hydrogens (tertiary/aromatic N) is 1. The van der Waals surface area contributed by atoms with Crippen LogP contribution in [0.3, 0.4) is 0 Å². The SMILES string of the molecule is CCC(C)Oc1cc(C#N)cc(OC)c1. The maximum Gasteiger partial charge on any atom is 0.124 e. The van der Waals surface area contributed by atoms with Crippen LogP contribution in [-0.4, -0.2) is 13.2 Å². The first-order chi connectivity index (χ1) is 7.19. The first-order valence-corrected chi connectivity index (χ1v) is 4.95. The summed E-state index contributed by atoms with van der Waals surface area (Å²) in [4.78, 5) is 0. The Kier molecular flexibility index (Phi) is 3.99. The molecule has 3 heteroatoms. The summed E-state index contributed by atoms with van der Waals surface area (Å²) in [6.45, 7) is 4.04. The molecule has 1 unspecified atom stereocenters. The van der Waals surface area contributed by atoms with Crippen LogP contribution in [-0.2, 0) is 0 Å². The van der Waals surface area contributed by atoms with Crippen LogP contribution in [0.25, 0.3) is 0 Å². The van der Waals surface area contributed by atoms with Gasteiger partial charge in [-0.05, 0) is 25.5 Å². The van der Waals surface area contributed by atoms with E-state index in [9.17, 15) is 0 Å². The Morgan fingerprint density at radius 1 is 1.33 bits per heavy atom. The van der Waals surface area contributed by atoms with Crippen LogP contribution in [0, 0.1) is 11.3 Å². The fraction of sp³-hybridized carbons (Fsp3) is 0.417. The second-order valence-electron chi connectivity index (χ2n) is 3.35. The van der Waals surface area contributed by atoms with Gasteiger partial charge in [0.05, 0.1) is 24.8 Å². The Balaban J connectivity index is 2.93. The molecule has 3 nitrogen and oxygen atoms in total. The highest BCUT2D eigenvalue weighted by Crippen LogP contribution is 2.23. The Morgan fingerprint density at radius 2 is 2.00 bits per heavy atom. The van der Waals surface area contributed by atoms with E-state index in [0.717, 1.165) is 6.42 Å². The summed E-state index contributed by atoms with van der Waals surface area (Å²) in [5.74, 6) is 1.33. The van der Waals surface area contributed by atoms with E-state index in [-0.39, 0.29) is 6.10 Å². The Bertz CT molecular complexity index is 368. The van der Waals surface area contributed by atoms with Crippen molar-refractivity contribution < 1.29 is 9.47 Å². The molecule has 1 aromatic rings. The summed E-state index contributed by atoms with van der Waals surface area (Å²) in [6, 6.07) is 7.26. The highest BCUT2D eigenvalue weighted by Gasteiger charge is 2.05. The largest absolute Gasteiger partial charge is 0.497 e. The van der Waals surface area contributed by atoms with Gasteiger partial charge in [0.25, 0.3) is 0 Å². The fourth-order valence-corrected chi connectivity index (χ4v) is 1.14. The standard InChI is InChI=1S/C12H15NO2/c1-4-9(2)15-12-6-10(8-13)5-11(7-12)14-3/h5-7,9H,4H2,1-3H3. The average molecular weight is 205 g/mol. The van der Waals surface area contributed by atoms with Crippen molar-refractivity contribution >= 4 is 0 Å². The van der Waals surface area contributed by atoms with Crippen molar-refractivity contribution in [1.29, 1.82) is 5.26 Å². The van der Waals surface area contributed by atoms with Crippen molar-refractivity contribution in [2.24, 2.45) is 0 Å². The van der Waals surface area contributed by atoms with Crippen LogP contribution in [0.5, 0.6) is 11.5 Å². The zero-order chi connectivity index (χ0) is 11.3. The van der Waals surface area contributed by atoms with E-state index in [1.54, 1.807) is 25.3 Å². The molecule has 0 saturated carbocycles. The molecule has 1 rings (SSSR count). The molecule has 0 saturated heterocycles. The van der Waals surface area contributed by atoms with Gasteiger partial charge in [-0.2, -0.15) is 5.26 Å². The molecule has 0 fully saturated rings. The van der Waals surface area contributed by atoms with Gasteiger partial charge >= 0.3 is 0 Å². The van der Waals surface area contributed by atoms with Crippen molar-refractivity contribution in [3.05, 3.63) is 23.8 Å². The first kappa shape index (κ1) is 11.4. The maximum atomic E-state index is 8.81. The second kappa shape index (κ2) is 5.26. The highest BCUT2D eigenvalue weighted by atomic mass is 16.5. The average Bonchev–Trinajstić information content (AvgIpc) is 2.28. The first-order valence-electron chi connectivity index (χ1n) is 4.95. The Morgan fingerprint density at radius 3 is 2.53 bits per heavy atom. The van der Waals surface area contributed by atoms with Crippen LogP contribution in [0.15, 0.2) is 18.2 Å². The van der Waals surface area contributed by atoms with E-state index in [1.807, 2.05) is 6.92 Å². The van der Waals surface area contributed by atoms with Crippen molar-refractivity contribution in [3.63, 3.8) is 0 Å². The molecule has 0 amide bonds. The maximum absolute atomic E-state index is 8.81. The van der Waals surface area contributed by atoms with Crippen LogP contribution in [0.4, 0.5) is 0 Å². The predicted molar refractivity (Wildman–Crippen MR) is 58.1 cm³/mol. The minimum Gasteiger partial charge on any atom is -0.497 e. The lowest BCUT2D eigenvalue weighted by molar-refractivity contribution is 0.216. The van der Waals surface area contributed by atoms with Crippen LogP contribution in [0.2, 0.25) is 0 Å². The Hall–Kier alpha value is -1.69. The van der Waals surface area contributed by atoms with Crippen molar-refractivity contribution in [2.45, 2.75) is 26.4 Å². The summed E-state index contributed by atoms with van der Waals surface area (Å²) in [7, 11) is 1.57. The summed E-state index contributed by atoms with van der Waals surface area (Å²) >= 11 is 0. The minimum atomic E-state index is 0.142. The monoisotopic (exact) mass is 205 g/mol. The van der Waals surface area contributed by atoms with Crippen molar-refractivity contribution in [3.8, 4) is 17.6 Å². The molecule has 0 bridgehead atoms. The quantitative estimate of drug-likeness (QED) is 0.759. The molecule has 1 aromatic carbocycles. The van der Waals surface area contributed by atoms with E-state index in [1.165, 1.54) is 0 Å². The van der Waals surface area contributed by atoms with E-state index < -0.39 is 0 Å². The molecule has 0 spiro atoms. The van der Waals surface area contributed by atoms with Gasteiger partial charge in [0.2, 0.25) is 0 Å². The number of benzene rings is 1. The molecule has 0 aliphatic carbocycles. The van der Waals surface area contributed by atoms with Gasteiger partial charge in [0.15, 0.2) is 0 Å². The third-order valence-corrected chi connectivity index (χ3v) is 2.16. The molecule has 0 aromatic heterocycles. The van der Waals surface area contributed by atoms with Gasteiger partial charge < -0.3 is 9.47 Å². The molecular weight excluding hydrogens is 190 g/mol. The topological polar surface area (TPSA) is 42.2 Å².